The van der Waals surface area contributed by atoms with Gasteiger partial charge in [-0.2, -0.15) is 0 Å². The van der Waals surface area contributed by atoms with E-state index in [1.165, 1.54) is 45.6 Å². The van der Waals surface area contributed by atoms with Crippen LogP contribution in [0.5, 0.6) is 0 Å². The van der Waals surface area contributed by atoms with Crippen LogP contribution in [0.3, 0.4) is 0 Å². The molecule has 0 saturated heterocycles. The Bertz CT molecular complexity index is 1220. The number of likely N-dealkylation sites (N-methyl/N-ethyl adjacent to an activating group) is 1. The van der Waals surface area contributed by atoms with E-state index in [1.807, 2.05) is 0 Å². The Morgan fingerprint density at radius 2 is 1.63 bits per heavy atom. The average molecular weight is 597 g/mol. The molecule has 9 heteroatoms. The van der Waals surface area contributed by atoms with Gasteiger partial charge >= 0.3 is 11.9 Å². The minimum atomic E-state index is -1.71. The van der Waals surface area contributed by atoms with Crippen molar-refractivity contribution in [2.24, 2.45) is 0 Å². The molecule has 236 valence electrons. The molecule has 0 aromatic heterocycles. The van der Waals surface area contributed by atoms with Gasteiger partial charge in [0.05, 0.1) is 0 Å². The van der Waals surface area contributed by atoms with Gasteiger partial charge in [0.2, 0.25) is 0 Å². The van der Waals surface area contributed by atoms with Crippen LogP contribution in [0.4, 0.5) is 5.69 Å². The summed E-state index contributed by atoms with van der Waals surface area (Å²) < 4.78 is 10.9. The molecule has 0 aliphatic heterocycles. The molecule has 2 unspecified atom stereocenters. The van der Waals surface area contributed by atoms with E-state index in [1.54, 1.807) is 7.05 Å². The first-order valence-corrected chi connectivity index (χ1v) is 15.5. The third kappa shape index (κ3) is 11.3. The number of carbonyl (C=O) groups is 3. The summed E-state index contributed by atoms with van der Waals surface area (Å²) in [6, 6.07) is 13.0. The summed E-state index contributed by atoms with van der Waals surface area (Å²) in [4.78, 5) is 37.8. The van der Waals surface area contributed by atoms with E-state index in [2.05, 4.69) is 55.6 Å². The maximum atomic E-state index is 13.3. The van der Waals surface area contributed by atoms with Crippen molar-refractivity contribution < 1.29 is 34.1 Å². The van der Waals surface area contributed by atoms with Crippen LogP contribution in [0.25, 0.3) is 0 Å². The summed E-state index contributed by atoms with van der Waals surface area (Å²) in [6.07, 6.45) is 6.31. The predicted octanol–water partition coefficient (Wildman–Crippen LogP) is 5.19. The molecule has 0 bridgehead atoms. The number of anilines is 1. The SMILES string of the molecule is Cc1ccc(CCCCCOC(C(=O)N(C)CCCCCNc2ccc3c(c2)CCC3)C(OCC(=O)O)C(=O)O)cc1C. The summed E-state index contributed by atoms with van der Waals surface area (Å²) in [5.74, 6) is -3.27. The fourth-order valence-electron chi connectivity index (χ4n) is 5.41. The minimum absolute atomic E-state index is 0.172. The number of fused-ring (bicyclic) bond motifs is 1. The van der Waals surface area contributed by atoms with Gasteiger partial charge in [0.25, 0.3) is 5.91 Å². The number of unbranched alkanes of at least 4 members (excludes halogenated alkanes) is 4. The van der Waals surface area contributed by atoms with Gasteiger partial charge in [-0.25, -0.2) is 9.59 Å². The summed E-state index contributed by atoms with van der Waals surface area (Å²) in [5, 5.41) is 22.2. The maximum absolute atomic E-state index is 13.3. The van der Waals surface area contributed by atoms with Gasteiger partial charge in [0.15, 0.2) is 12.2 Å². The number of amides is 1. The molecule has 2 aromatic rings. The molecule has 1 aliphatic carbocycles. The number of carboxylic acid groups (broad SMARTS) is 2. The van der Waals surface area contributed by atoms with Crippen LogP contribution >= 0.6 is 0 Å². The van der Waals surface area contributed by atoms with Gasteiger partial charge in [-0.1, -0.05) is 30.7 Å². The molecule has 0 fully saturated rings. The van der Waals surface area contributed by atoms with Crippen LogP contribution in [0.15, 0.2) is 36.4 Å². The zero-order valence-corrected chi connectivity index (χ0v) is 25.9. The number of rotatable bonds is 20. The molecule has 0 saturated carbocycles. The number of aryl methyl sites for hydroxylation is 5. The first kappa shape index (κ1) is 34.1. The molecule has 9 nitrogen and oxygen atoms in total. The molecule has 3 N–H and O–H groups in total. The molecule has 2 aromatic carbocycles. The third-order valence-electron chi connectivity index (χ3n) is 8.10. The van der Waals surface area contributed by atoms with Crippen molar-refractivity contribution in [3.8, 4) is 0 Å². The predicted molar refractivity (Wildman–Crippen MR) is 167 cm³/mol. The van der Waals surface area contributed by atoms with Gasteiger partial charge in [-0.15, -0.1) is 0 Å². The second-order valence-electron chi connectivity index (χ2n) is 11.6. The first-order chi connectivity index (χ1) is 20.7. The van der Waals surface area contributed by atoms with Crippen LogP contribution in [0.2, 0.25) is 0 Å². The number of carboxylic acids is 2. The quantitative estimate of drug-likeness (QED) is 0.179. The number of aliphatic carboxylic acids is 2. The summed E-state index contributed by atoms with van der Waals surface area (Å²) in [5.41, 5.74) is 7.82. The van der Waals surface area contributed by atoms with E-state index in [4.69, 9.17) is 14.6 Å². The number of nitrogens with zero attached hydrogens (tertiary/aromatic N) is 1. The van der Waals surface area contributed by atoms with Gasteiger partial charge in [-0.3, -0.25) is 4.79 Å². The molecule has 1 amide bonds. The monoisotopic (exact) mass is 596 g/mol. The molecular formula is C34H48N2O7. The average Bonchev–Trinajstić information content (AvgIpc) is 3.44. The lowest BCUT2D eigenvalue weighted by molar-refractivity contribution is -0.175. The van der Waals surface area contributed by atoms with E-state index in [0.717, 1.165) is 57.2 Å². The largest absolute Gasteiger partial charge is 0.480 e. The molecule has 43 heavy (non-hydrogen) atoms. The summed E-state index contributed by atoms with van der Waals surface area (Å²) >= 11 is 0. The Morgan fingerprint density at radius 1 is 0.860 bits per heavy atom. The molecule has 0 heterocycles. The van der Waals surface area contributed by atoms with Gasteiger partial charge < -0.3 is 29.9 Å². The lowest BCUT2D eigenvalue weighted by atomic mass is 10.0. The molecule has 2 atom stereocenters. The smallest absolute Gasteiger partial charge is 0.336 e. The highest BCUT2D eigenvalue weighted by molar-refractivity contribution is 5.88. The van der Waals surface area contributed by atoms with E-state index < -0.39 is 36.7 Å². The number of carbonyl (C=O) groups excluding carboxylic acids is 1. The summed E-state index contributed by atoms with van der Waals surface area (Å²) in [7, 11) is 1.61. The van der Waals surface area contributed by atoms with Gasteiger partial charge in [-0.05, 0) is 112 Å². The fourth-order valence-corrected chi connectivity index (χ4v) is 5.41. The number of hydrogen-bond donors (Lipinski definition) is 3. The van der Waals surface area contributed by atoms with Crippen LogP contribution in [-0.2, 0) is 43.1 Å². The third-order valence-corrected chi connectivity index (χ3v) is 8.10. The van der Waals surface area contributed by atoms with Crippen molar-refractivity contribution in [2.75, 3.05) is 38.7 Å². The van der Waals surface area contributed by atoms with Crippen molar-refractivity contribution in [2.45, 2.75) is 90.3 Å². The van der Waals surface area contributed by atoms with E-state index in [9.17, 15) is 19.5 Å². The minimum Gasteiger partial charge on any atom is -0.480 e. The standard InChI is InChI=1S/C34H48N2O7/c1-24-14-15-26(21-25(24)2)11-6-4-9-20-42-31(32(34(40)41)43-23-30(37)38)33(39)36(3)19-8-5-7-18-35-29-17-16-27-12-10-13-28(27)22-29/h14-17,21-22,31-32,35H,4-13,18-20,23H2,1-3H3,(H,37,38)(H,40,41). The van der Waals surface area contributed by atoms with Crippen molar-refractivity contribution in [1.29, 1.82) is 0 Å². The molecular weight excluding hydrogens is 548 g/mol. The number of hydrogen-bond acceptors (Lipinski definition) is 6. The molecule has 0 radical (unpaired) electrons. The Kier molecular flexibility index (Phi) is 14.0. The van der Waals surface area contributed by atoms with E-state index in [0.29, 0.717) is 13.0 Å². The summed E-state index contributed by atoms with van der Waals surface area (Å²) in [6.45, 7) is 4.78. The van der Waals surface area contributed by atoms with Crippen molar-refractivity contribution in [3.05, 3.63) is 64.2 Å². The van der Waals surface area contributed by atoms with Crippen LogP contribution < -0.4 is 5.32 Å². The normalized spacial score (nSPS) is 13.7. The highest BCUT2D eigenvalue weighted by atomic mass is 16.6. The van der Waals surface area contributed by atoms with Crippen molar-refractivity contribution in [1.82, 2.24) is 4.90 Å². The van der Waals surface area contributed by atoms with Crippen LogP contribution in [0.1, 0.15) is 72.8 Å². The lowest BCUT2D eigenvalue weighted by Gasteiger charge is -2.27. The Balaban J connectivity index is 1.43. The number of nitrogens with one attached hydrogen (secondary N) is 1. The second kappa shape index (κ2) is 17.6. The van der Waals surface area contributed by atoms with E-state index in [-0.39, 0.29) is 6.61 Å². The molecule has 0 spiro atoms. The Labute approximate surface area is 255 Å². The highest BCUT2D eigenvalue weighted by Crippen LogP contribution is 2.25. The van der Waals surface area contributed by atoms with Gasteiger partial charge in [0.1, 0.15) is 6.61 Å². The van der Waals surface area contributed by atoms with Crippen LogP contribution in [0, 0.1) is 13.8 Å². The Hall–Kier alpha value is -3.43. The molecule has 3 rings (SSSR count). The van der Waals surface area contributed by atoms with Crippen molar-refractivity contribution >= 4 is 23.5 Å². The topological polar surface area (TPSA) is 125 Å². The Morgan fingerprint density at radius 3 is 2.37 bits per heavy atom. The maximum Gasteiger partial charge on any atom is 0.336 e. The van der Waals surface area contributed by atoms with Crippen molar-refractivity contribution in [3.63, 3.8) is 0 Å². The first-order valence-electron chi connectivity index (χ1n) is 15.5. The van der Waals surface area contributed by atoms with E-state index >= 15 is 0 Å². The highest BCUT2D eigenvalue weighted by Gasteiger charge is 2.37. The molecule has 1 aliphatic rings. The fraction of sp³-hybridized carbons (Fsp3) is 0.559. The zero-order chi connectivity index (χ0) is 31.2. The zero-order valence-electron chi connectivity index (χ0n) is 25.9. The van der Waals surface area contributed by atoms with Crippen LogP contribution in [-0.4, -0.2) is 78.5 Å². The lowest BCUT2D eigenvalue weighted by Crippen LogP contribution is -2.50. The number of ether oxygens (including phenoxy) is 2. The number of benzene rings is 2. The van der Waals surface area contributed by atoms with Gasteiger partial charge in [0, 0.05) is 32.4 Å². The second-order valence-corrected chi connectivity index (χ2v) is 11.6.